The highest BCUT2D eigenvalue weighted by atomic mass is 79.9. The van der Waals surface area contributed by atoms with Gasteiger partial charge in [0.15, 0.2) is 0 Å². The Labute approximate surface area is 117 Å². The molecule has 0 aliphatic heterocycles. The van der Waals surface area contributed by atoms with Gasteiger partial charge in [0.05, 0.1) is 5.69 Å². The number of hydrogen-bond acceptors (Lipinski definition) is 4. The Balaban J connectivity index is 2.31. The third kappa shape index (κ3) is 2.50. The number of carbonyl (C=O) groups is 1. The van der Waals surface area contributed by atoms with Gasteiger partial charge in [-0.05, 0) is 18.6 Å². The zero-order chi connectivity index (χ0) is 13.1. The quantitative estimate of drug-likeness (QED) is 0.754. The highest BCUT2D eigenvalue weighted by Gasteiger charge is 2.17. The molecule has 18 heavy (non-hydrogen) atoms. The molecular formula is C12H13BrN2O2S. The second kappa shape index (κ2) is 5.69. The van der Waals surface area contributed by atoms with E-state index in [4.69, 9.17) is 10.8 Å². The average Bonchev–Trinajstić information content (AvgIpc) is 2.68. The standard InChI is InChI=1S/C12H13BrN2O2S/c13-7-3-1-4-8-9(7)10(14)11(18-8)12(17)15-5-2-6-16/h1,3-4,16H,2,5-6,14H2,(H,15,17). The first kappa shape index (κ1) is 13.3. The van der Waals surface area contributed by atoms with Crippen molar-refractivity contribution in [2.24, 2.45) is 0 Å². The number of hydrogen-bond donors (Lipinski definition) is 3. The molecule has 4 nitrogen and oxygen atoms in total. The summed E-state index contributed by atoms with van der Waals surface area (Å²) < 4.78 is 1.87. The van der Waals surface area contributed by atoms with Gasteiger partial charge in [0, 0.05) is 27.7 Å². The van der Waals surface area contributed by atoms with Crippen molar-refractivity contribution in [3.8, 4) is 0 Å². The van der Waals surface area contributed by atoms with Crippen LogP contribution in [0.3, 0.4) is 0 Å². The molecule has 0 aliphatic carbocycles. The number of nitrogens with one attached hydrogen (secondary N) is 1. The molecule has 0 atom stereocenters. The fourth-order valence-electron chi connectivity index (χ4n) is 1.66. The van der Waals surface area contributed by atoms with Crippen molar-refractivity contribution in [3.05, 3.63) is 27.5 Å². The Bertz CT molecular complexity index is 583. The number of nitrogen functional groups attached to an aromatic ring is 1. The van der Waals surface area contributed by atoms with Crippen LogP contribution in [0, 0.1) is 0 Å². The number of halogens is 1. The van der Waals surface area contributed by atoms with Crippen LogP contribution in [0.1, 0.15) is 16.1 Å². The van der Waals surface area contributed by atoms with Gasteiger partial charge >= 0.3 is 0 Å². The average molecular weight is 329 g/mol. The van der Waals surface area contributed by atoms with Gasteiger partial charge in [-0.25, -0.2) is 0 Å². The number of anilines is 1. The Morgan fingerprint density at radius 1 is 1.50 bits per heavy atom. The van der Waals surface area contributed by atoms with E-state index < -0.39 is 0 Å². The Kier molecular flexibility index (Phi) is 4.21. The number of benzene rings is 1. The number of thiophene rings is 1. The second-order valence-electron chi connectivity index (χ2n) is 3.79. The summed E-state index contributed by atoms with van der Waals surface area (Å²) in [4.78, 5) is 12.5. The monoisotopic (exact) mass is 328 g/mol. The summed E-state index contributed by atoms with van der Waals surface area (Å²) in [5, 5.41) is 12.3. The number of rotatable bonds is 4. The molecule has 0 saturated heterocycles. The van der Waals surface area contributed by atoms with Gasteiger partial charge < -0.3 is 16.2 Å². The maximum absolute atomic E-state index is 11.9. The number of carbonyl (C=O) groups excluding carboxylic acids is 1. The SMILES string of the molecule is Nc1c(C(=O)NCCCO)sc2cccc(Br)c12. The van der Waals surface area contributed by atoms with Crippen LogP contribution >= 0.6 is 27.3 Å². The van der Waals surface area contributed by atoms with Crippen molar-refractivity contribution in [3.63, 3.8) is 0 Å². The molecule has 1 amide bonds. The first-order chi connectivity index (χ1) is 8.65. The predicted octanol–water partition coefficient (Wildman–Crippen LogP) is 2.36. The molecule has 2 aromatic rings. The number of amides is 1. The fraction of sp³-hybridized carbons (Fsp3) is 0.250. The van der Waals surface area contributed by atoms with Crippen molar-refractivity contribution in [1.29, 1.82) is 0 Å². The Morgan fingerprint density at radius 2 is 2.28 bits per heavy atom. The number of nitrogens with two attached hydrogens (primary N) is 1. The van der Waals surface area contributed by atoms with E-state index in [0.717, 1.165) is 14.6 Å². The van der Waals surface area contributed by atoms with Gasteiger partial charge in [0.25, 0.3) is 5.91 Å². The van der Waals surface area contributed by atoms with E-state index in [9.17, 15) is 4.79 Å². The van der Waals surface area contributed by atoms with Crippen molar-refractivity contribution < 1.29 is 9.90 Å². The number of aliphatic hydroxyl groups is 1. The summed E-state index contributed by atoms with van der Waals surface area (Å²) in [6.45, 7) is 0.512. The highest BCUT2D eigenvalue weighted by Crippen LogP contribution is 2.37. The molecular weight excluding hydrogens is 316 g/mol. The summed E-state index contributed by atoms with van der Waals surface area (Å²) in [7, 11) is 0. The summed E-state index contributed by atoms with van der Waals surface area (Å²) in [5.74, 6) is -0.186. The maximum atomic E-state index is 11.9. The summed E-state index contributed by atoms with van der Waals surface area (Å²) in [5.41, 5.74) is 6.52. The normalized spacial score (nSPS) is 10.8. The van der Waals surface area contributed by atoms with E-state index in [1.165, 1.54) is 11.3 Å². The Morgan fingerprint density at radius 3 is 2.94 bits per heavy atom. The smallest absolute Gasteiger partial charge is 0.263 e. The van der Waals surface area contributed by atoms with Gasteiger partial charge in [0.1, 0.15) is 4.88 Å². The largest absolute Gasteiger partial charge is 0.397 e. The van der Waals surface area contributed by atoms with E-state index in [0.29, 0.717) is 23.5 Å². The molecule has 6 heteroatoms. The molecule has 0 aliphatic rings. The number of aliphatic hydroxyl groups excluding tert-OH is 1. The first-order valence-corrected chi connectivity index (χ1v) is 7.11. The highest BCUT2D eigenvalue weighted by molar-refractivity contribution is 9.10. The maximum Gasteiger partial charge on any atom is 0.263 e. The lowest BCUT2D eigenvalue weighted by molar-refractivity contribution is 0.0956. The molecule has 1 aromatic carbocycles. The fourth-order valence-corrected chi connectivity index (χ4v) is 3.44. The number of fused-ring (bicyclic) bond motifs is 1. The van der Waals surface area contributed by atoms with Gasteiger partial charge in [-0.3, -0.25) is 4.79 Å². The second-order valence-corrected chi connectivity index (χ2v) is 5.70. The van der Waals surface area contributed by atoms with Crippen molar-refractivity contribution in [2.45, 2.75) is 6.42 Å². The van der Waals surface area contributed by atoms with Crippen LogP contribution in [0.5, 0.6) is 0 Å². The third-order valence-electron chi connectivity index (χ3n) is 2.53. The molecule has 4 N–H and O–H groups in total. The third-order valence-corrected chi connectivity index (χ3v) is 4.36. The van der Waals surface area contributed by atoms with Crippen LogP contribution in [0.2, 0.25) is 0 Å². The van der Waals surface area contributed by atoms with E-state index in [1.54, 1.807) is 0 Å². The van der Waals surface area contributed by atoms with Crippen LogP contribution in [-0.4, -0.2) is 24.2 Å². The molecule has 0 bridgehead atoms. The van der Waals surface area contributed by atoms with Crippen molar-refractivity contribution >= 4 is 48.9 Å². The van der Waals surface area contributed by atoms with Gasteiger partial charge in [0.2, 0.25) is 0 Å². The lowest BCUT2D eigenvalue weighted by Gasteiger charge is -2.02. The lowest BCUT2D eigenvalue weighted by Crippen LogP contribution is -2.24. The Hall–Kier alpha value is -1.11. The van der Waals surface area contributed by atoms with Crippen LogP contribution in [0.25, 0.3) is 10.1 Å². The summed E-state index contributed by atoms with van der Waals surface area (Å²) in [6.07, 6.45) is 0.542. The molecule has 1 aromatic heterocycles. The molecule has 2 rings (SSSR count). The van der Waals surface area contributed by atoms with E-state index >= 15 is 0 Å². The van der Waals surface area contributed by atoms with Crippen molar-refractivity contribution in [1.82, 2.24) is 5.32 Å². The van der Waals surface area contributed by atoms with E-state index in [2.05, 4.69) is 21.2 Å². The summed E-state index contributed by atoms with van der Waals surface area (Å²) in [6, 6.07) is 5.75. The molecule has 0 radical (unpaired) electrons. The minimum atomic E-state index is -0.186. The predicted molar refractivity (Wildman–Crippen MR) is 78.0 cm³/mol. The zero-order valence-electron chi connectivity index (χ0n) is 9.57. The lowest BCUT2D eigenvalue weighted by atomic mass is 10.2. The minimum Gasteiger partial charge on any atom is -0.397 e. The topological polar surface area (TPSA) is 75.4 Å². The van der Waals surface area contributed by atoms with Crippen LogP contribution in [0.4, 0.5) is 5.69 Å². The molecule has 1 heterocycles. The minimum absolute atomic E-state index is 0.0632. The molecule has 0 fully saturated rings. The van der Waals surface area contributed by atoms with E-state index in [-0.39, 0.29) is 12.5 Å². The summed E-state index contributed by atoms with van der Waals surface area (Å²) >= 11 is 4.81. The molecule has 0 unspecified atom stereocenters. The van der Waals surface area contributed by atoms with Crippen LogP contribution < -0.4 is 11.1 Å². The first-order valence-electron chi connectivity index (χ1n) is 5.50. The van der Waals surface area contributed by atoms with Gasteiger partial charge in [-0.1, -0.05) is 22.0 Å². The van der Waals surface area contributed by atoms with Crippen LogP contribution in [0.15, 0.2) is 22.7 Å². The van der Waals surface area contributed by atoms with E-state index in [1.807, 2.05) is 18.2 Å². The van der Waals surface area contributed by atoms with Crippen LogP contribution in [-0.2, 0) is 0 Å². The molecule has 0 spiro atoms. The molecule has 0 saturated carbocycles. The van der Waals surface area contributed by atoms with Gasteiger partial charge in [-0.2, -0.15) is 0 Å². The molecule has 96 valence electrons. The van der Waals surface area contributed by atoms with Crippen molar-refractivity contribution in [2.75, 3.05) is 18.9 Å². The van der Waals surface area contributed by atoms with Gasteiger partial charge in [-0.15, -0.1) is 11.3 Å². The zero-order valence-corrected chi connectivity index (χ0v) is 12.0.